The van der Waals surface area contributed by atoms with Gasteiger partial charge in [0, 0.05) is 18.4 Å². The van der Waals surface area contributed by atoms with Crippen LogP contribution in [0.4, 0.5) is 0 Å². The van der Waals surface area contributed by atoms with E-state index in [4.69, 9.17) is 33.2 Å². The first-order valence-corrected chi connectivity index (χ1v) is 23.7. The molecule has 5 aliphatic carbocycles. The van der Waals surface area contributed by atoms with Gasteiger partial charge in [-0.2, -0.15) is 0 Å². The first kappa shape index (κ1) is 44.8. The molecular weight excluding hydrogens is 797 g/mol. The van der Waals surface area contributed by atoms with Gasteiger partial charge in [0.1, 0.15) is 18.3 Å². The molecule has 10 heteroatoms. The van der Waals surface area contributed by atoms with Crippen LogP contribution in [-0.2, 0) is 54.1 Å². The summed E-state index contributed by atoms with van der Waals surface area (Å²) in [5.74, 6) is -0.154. The summed E-state index contributed by atoms with van der Waals surface area (Å²) in [7, 11) is 1.50. The minimum absolute atomic E-state index is 0.0527. The molecule has 10 nitrogen and oxygen atoms in total. The zero-order valence-electron chi connectivity index (χ0n) is 39.0. The van der Waals surface area contributed by atoms with Gasteiger partial charge >= 0.3 is 11.9 Å². The second-order valence-corrected chi connectivity index (χ2v) is 22.3. The molecule has 2 aromatic rings. The van der Waals surface area contributed by atoms with Gasteiger partial charge in [0.05, 0.1) is 31.8 Å². The van der Waals surface area contributed by atoms with Crippen LogP contribution >= 0.6 is 0 Å². The number of hydrogen-bond donors (Lipinski definition) is 0. The van der Waals surface area contributed by atoms with Crippen molar-refractivity contribution in [3.8, 4) is 0 Å². The average Bonchev–Trinajstić information content (AvgIpc) is 3.25. The van der Waals surface area contributed by atoms with Crippen LogP contribution in [0.3, 0.4) is 0 Å². The van der Waals surface area contributed by atoms with E-state index in [9.17, 15) is 9.59 Å². The van der Waals surface area contributed by atoms with Gasteiger partial charge in [-0.15, -0.1) is 0 Å². The average molecular weight is 867 g/mol. The van der Waals surface area contributed by atoms with Gasteiger partial charge in [-0.25, -0.2) is 0 Å². The van der Waals surface area contributed by atoms with Gasteiger partial charge in [0.15, 0.2) is 24.5 Å². The molecule has 2 heterocycles. The number of fused-ring (bicyclic) bond motifs is 8. The van der Waals surface area contributed by atoms with Gasteiger partial charge < -0.3 is 33.2 Å². The van der Waals surface area contributed by atoms with Crippen molar-refractivity contribution in [1.82, 2.24) is 0 Å². The second kappa shape index (κ2) is 16.2. The summed E-state index contributed by atoms with van der Waals surface area (Å²) in [5.41, 5.74) is 1.59. The summed E-state index contributed by atoms with van der Waals surface area (Å²) in [6.07, 6.45) is 5.51. The molecule has 2 aromatic carbocycles. The van der Waals surface area contributed by atoms with Crippen LogP contribution in [0.5, 0.6) is 0 Å². The first-order valence-electron chi connectivity index (χ1n) is 23.7. The van der Waals surface area contributed by atoms with E-state index in [0.717, 1.165) is 62.5 Å². The van der Waals surface area contributed by atoms with E-state index < -0.39 is 48.4 Å². The first-order chi connectivity index (χ1) is 29.9. The number of benzene rings is 2. The molecule has 9 rings (SSSR count). The fourth-order valence-corrected chi connectivity index (χ4v) is 14.7. The van der Waals surface area contributed by atoms with E-state index >= 15 is 4.79 Å². The Bertz CT molecular complexity index is 2090. The van der Waals surface area contributed by atoms with Crippen molar-refractivity contribution in [3.05, 3.63) is 83.4 Å². The fourth-order valence-electron chi connectivity index (χ4n) is 14.7. The Morgan fingerprint density at radius 1 is 0.810 bits per heavy atom. The largest absolute Gasteiger partial charge is 0.469 e. The number of hydrogen-bond acceptors (Lipinski definition) is 10. The predicted octanol–water partition coefficient (Wildman–Crippen LogP) is 9.88. The lowest BCUT2D eigenvalue weighted by Gasteiger charge is -2.70. The highest BCUT2D eigenvalue weighted by molar-refractivity contribution is 5.95. The van der Waals surface area contributed by atoms with Crippen molar-refractivity contribution >= 4 is 17.7 Å². The zero-order valence-corrected chi connectivity index (χ0v) is 39.0. The molecule has 2 aliphatic heterocycles. The number of ketones is 1. The van der Waals surface area contributed by atoms with Crippen LogP contribution < -0.4 is 0 Å². The summed E-state index contributed by atoms with van der Waals surface area (Å²) in [6.45, 7) is 18.2. The molecule has 0 spiro atoms. The van der Waals surface area contributed by atoms with Crippen LogP contribution in [0.1, 0.15) is 131 Å². The summed E-state index contributed by atoms with van der Waals surface area (Å²) < 4.78 is 45.1. The smallest absolute Gasteiger partial charge is 0.311 e. The summed E-state index contributed by atoms with van der Waals surface area (Å²) in [5, 5.41) is 0. The third-order valence-corrected chi connectivity index (χ3v) is 18.4. The van der Waals surface area contributed by atoms with Crippen LogP contribution in [0, 0.1) is 50.2 Å². The van der Waals surface area contributed by atoms with Crippen molar-refractivity contribution < 1.29 is 47.5 Å². The Labute approximate surface area is 374 Å². The van der Waals surface area contributed by atoms with Crippen LogP contribution in [-0.4, -0.2) is 68.2 Å². The highest BCUT2D eigenvalue weighted by atomic mass is 16.8. The molecule has 342 valence electrons. The highest BCUT2D eigenvalue weighted by Gasteiger charge is 2.71. The number of carbonyl (C=O) groups is 3. The topological polar surface area (TPSA) is 116 Å². The van der Waals surface area contributed by atoms with Crippen molar-refractivity contribution in [2.75, 3.05) is 13.7 Å². The van der Waals surface area contributed by atoms with Gasteiger partial charge in [-0.3, -0.25) is 14.4 Å². The lowest BCUT2D eigenvalue weighted by Crippen LogP contribution is -2.68. The molecule has 0 unspecified atom stereocenters. The Kier molecular flexibility index (Phi) is 11.5. The summed E-state index contributed by atoms with van der Waals surface area (Å²) >= 11 is 0. The second-order valence-electron chi connectivity index (χ2n) is 22.3. The SMILES string of the molecule is COC(=O)[C@@]1(C)CC[C@]2(C)CC[C@]3(C)C(=CC(=O)[C@@H]4[C@@]5(C)CC[C@H](O[C@@H]6O[C@@H]7CO[C@@H](c8ccccc8)O[C@H]7[C@H](OCc7ccccc7)[C@H]6OC(C)=O)C(C)(C)[C@@H]5CC[C@]43C)[C@@H]2C1. The number of allylic oxidation sites excluding steroid dienone is 2. The molecule has 0 bridgehead atoms. The van der Waals surface area contributed by atoms with Crippen molar-refractivity contribution in [3.63, 3.8) is 0 Å². The molecule has 0 N–H and O–H groups in total. The quantitative estimate of drug-likeness (QED) is 0.188. The Morgan fingerprint density at radius 2 is 1.51 bits per heavy atom. The molecular formula is C53H70O10. The normalized spacial score (nSPS) is 44.0. The third kappa shape index (κ3) is 7.28. The lowest BCUT2D eigenvalue weighted by molar-refractivity contribution is -0.379. The van der Waals surface area contributed by atoms with Crippen molar-refractivity contribution in [2.45, 2.75) is 163 Å². The van der Waals surface area contributed by atoms with E-state index in [-0.39, 0.29) is 75.9 Å². The molecule has 0 amide bonds. The molecule has 15 atom stereocenters. The molecule has 2 saturated heterocycles. The summed E-state index contributed by atoms with van der Waals surface area (Å²) in [4.78, 5) is 41.3. The minimum atomic E-state index is -0.942. The van der Waals surface area contributed by atoms with E-state index in [2.05, 4.69) is 54.5 Å². The number of methoxy groups -OCH3 is 1. The predicted molar refractivity (Wildman–Crippen MR) is 236 cm³/mol. The molecule has 6 fully saturated rings. The highest BCUT2D eigenvalue weighted by Crippen LogP contribution is 2.75. The minimum Gasteiger partial charge on any atom is -0.469 e. The maximum atomic E-state index is 15.1. The van der Waals surface area contributed by atoms with Gasteiger partial charge in [0.2, 0.25) is 0 Å². The Balaban J connectivity index is 0.994. The Hall–Kier alpha value is -3.41. The van der Waals surface area contributed by atoms with Crippen LogP contribution in [0.2, 0.25) is 0 Å². The molecule has 0 radical (unpaired) electrons. The van der Waals surface area contributed by atoms with Crippen LogP contribution in [0.15, 0.2) is 72.3 Å². The Morgan fingerprint density at radius 3 is 2.21 bits per heavy atom. The lowest BCUT2D eigenvalue weighted by atomic mass is 9.33. The van der Waals surface area contributed by atoms with Gasteiger partial charge in [-0.05, 0) is 115 Å². The molecule has 0 aromatic heterocycles. The van der Waals surface area contributed by atoms with E-state index in [1.165, 1.54) is 19.6 Å². The maximum absolute atomic E-state index is 15.1. The number of carbonyl (C=O) groups excluding carboxylic acids is 3. The third-order valence-electron chi connectivity index (χ3n) is 18.4. The van der Waals surface area contributed by atoms with Gasteiger partial charge in [-0.1, -0.05) is 108 Å². The van der Waals surface area contributed by atoms with Crippen LogP contribution in [0.25, 0.3) is 0 Å². The standard InChI is InChI=1S/C53H70O10/c1-32(54)60-43-42(58-30-33-16-12-10-13-17-33)41-38(31-59-45(63-41)34-18-14-11-15-19-34)61-46(43)62-40-21-22-51(6)39(48(40,2)3)20-23-53(8)44(51)37(55)28-35-36-29-50(5,47(56)57-9)25-24-49(36,4)26-27-52(35,53)7/h10-19,28,36,38-46H,20-27,29-31H2,1-9H3/t36-,38+,39-,40-,41+,42-,43+,44+,45+,46-,49+,50-,51-,52+,53+/m0/s1. The van der Waals surface area contributed by atoms with Gasteiger partial charge in [0.25, 0.3) is 0 Å². The van der Waals surface area contributed by atoms with E-state index in [0.29, 0.717) is 6.42 Å². The molecule has 7 aliphatic rings. The molecule has 63 heavy (non-hydrogen) atoms. The van der Waals surface area contributed by atoms with Crippen molar-refractivity contribution in [1.29, 1.82) is 0 Å². The number of ether oxygens (including phenoxy) is 7. The van der Waals surface area contributed by atoms with E-state index in [1.807, 2.05) is 60.7 Å². The zero-order chi connectivity index (χ0) is 44.7. The molecule has 4 saturated carbocycles. The van der Waals surface area contributed by atoms with Crippen molar-refractivity contribution in [2.24, 2.45) is 50.2 Å². The maximum Gasteiger partial charge on any atom is 0.311 e. The number of esters is 2. The fraction of sp³-hybridized carbons (Fsp3) is 0.679. The monoisotopic (exact) mass is 866 g/mol. The van der Waals surface area contributed by atoms with E-state index in [1.54, 1.807) is 0 Å². The summed E-state index contributed by atoms with van der Waals surface area (Å²) in [6, 6.07) is 19.7. The number of rotatable bonds is 8.